The first-order chi connectivity index (χ1) is 12.6. The number of carbonyl (C=O) groups is 2. The van der Waals surface area contributed by atoms with E-state index in [1.54, 1.807) is 10.3 Å². The highest BCUT2D eigenvalue weighted by Crippen LogP contribution is 2.42. The fourth-order valence-electron chi connectivity index (χ4n) is 3.80. The number of amides is 1. The number of aromatic nitrogens is 1. The van der Waals surface area contributed by atoms with E-state index in [0.29, 0.717) is 38.4 Å². The number of esters is 1. The molecule has 2 aliphatic heterocycles. The van der Waals surface area contributed by atoms with Crippen LogP contribution in [0.15, 0.2) is 35.7 Å². The smallest absolute Gasteiger partial charge is 0.316 e. The van der Waals surface area contributed by atoms with Crippen LogP contribution in [0.2, 0.25) is 0 Å². The largest absolute Gasteiger partial charge is 0.468 e. The number of hydrogen-bond donors (Lipinski definition) is 0. The third kappa shape index (κ3) is 2.91. The second-order valence-corrected chi connectivity index (χ2v) is 7.78. The molecule has 2 aromatic rings. The Kier molecular flexibility index (Phi) is 4.50. The van der Waals surface area contributed by atoms with E-state index >= 15 is 0 Å². The molecule has 0 N–H and O–H groups in total. The predicted octanol–water partition coefficient (Wildman–Crippen LogP) is 2.00. The van der Waals surface area contributed by atoms with Gasteiger partial charge in [0, 0.05) is 30.8 Å². The number of nitrogens with zero attached hydrogens (tertiary/aromatic N) is 2. The summed E-state index contributed by atoms with van der Waals surface area (Å²) in [7, 11) is 1.38. The Morgan fingerprint density at radius 1 is 1.38 bits per heavy atom. The Morgan fingerprint density at radius 3 is 2.96 bits per heavy atom. The van der Waals surface area contributed by atoms with Gasteiger partial charge in [-0.2, -0.15) is 0 Å². The van der Waals surface area contributed by atoms with Crippen molar-refractivity contribution in [2.24, 2.45) is 11.3 Å². The second kappa shape index (κ2) is 6.81. The van der Waals surface area contributed by atoms with Crippen LogP contribution in [-0.2, 0) is 20.7 Å². The summed E-state index contributed by atoms with van der Waals surface area (Å²) in [5.74, 6) is -0.432. The Labute approximate surface area is 155 Å². The van der Waals surface area contributed by atoms with E-state index in [2.05, 4.69) is 4.98 Å². The van der Waals surface area contributed by atoms with Crippen molar-refractivity contribution in [3.63, 3.8) is 0 Å². The molecule has 0 unspecified atom stereocenters. The molecule has 0 aliphatic carbocycles. The van der Waals surface area contributed by atoms with Gasteiger partial charge in [0.2, 0.25) is 0 Å². The molecule has 26 heavy (non-hydrogen) atoms. The zero-order chi connectivity index (χ0) is 18.1. The van der Waals surface area contributed by atoms with Gasteiger partial charge in [-0.15, -0.1) is 11.3 Å². The highest BCUT2D eigenvalue weighted by molar-refractivity contribution is 7.09. The first kappa shape index (κ1) is 17.2. The van der Waals surface area contributed by atoms with Crippen LogP contribution in [-0.4, -0.2) is 55.2 Å². The quantitative estimate of drug-likeness (QED) is 0.768. The molecular formula is C19H20N2O4S. The number of ether oxygens (including phenoxy) is 2. The molecule has 2 atom stereocenters. The molecule has 0 radical (unpaired) electrons. The SMILES string of the molecule is COC(=O)[C@@]12COC[C@@H]1CN(C(=O)c1csc(Cc3ccccc3)n1)C2. The maximum absolute atomic E-state index is 12.9. The fourth-order valence-corrected chi connectivity index (χ4v) is 4.61. The van der Waals surface area contributed by atoms with Gasteiger partial charge in [-0.25, -0.2) is 4.98 Å². The molecule has 0 saturated carbocycles. The first-order valence-corrected chi connectivity index (χ1v) is 9.44. The summed E-state index contributed by atoms with van der Waals surface area (Å²) in [5.41, 5.74) is 0.882. The van der Waals surface area contributed by atoms with E-state index in [-0.39, 0.29) is 17.8 Å². The minimum atomic E-state index is -0.729. The molecule has 4 rings (SSSR count). The minimum absolute atomic E-state index is 0.0127. The third-order valence-electron chi connectivity index (χ3n) is 5.22. The van der Waals surface area contributed by atoms with E-state index in [0.717, 1.165) is 5.01 Å². The van der Waals surface area contributed by atoms with Crippen LogP contribution in [0.5, 0.6) is 0 Å². The number of rotatable bonds is 4. The summed E-state index contributed by atoms with van der Waals surface area (Å²) in [6.45, 7) is 1.62. The molecule has 0 spiro atoms. The summed E-state index contributed by atoms with van der Waals surface area (Å²) in [6.07, 6.45) is 0.710. The minimum Gasteiger partial charge on any atom is -0.468 e. The van der Waals surface area contributed by atoms with Crippen LogP contribution in [0.3, 0.4) is 0 Å². The standard InChI is InChI=1S/C19H20N2O4S/c1-24-18(23)19-11-21(8-14(19)9-25-12-19)17(22)15-10-26-16(20-15)7-13-5-3-2-4-6-13/h2-6,10,14H,7-9,11-12H2,1H3/t14-,19-/m0/s1. The monoisotopic (exact) mass is 372 g/mol. The van der Waals surface area contributed by atoms with Gasteiger partial charge < -0.3 is 14.4 Å². The van der Waals surface area contributed by atoms with Crippen molar-refractivity contribution in [2.45, 2.75) is 6.42 Å². The summed E-state index contributed by atoms with van der Waals surface area (Å²) >= 11 is 1.49. The molecule has 6 nitrogen and oxygen atoms in total. The highest BCUT2D eigenvalue weighted by atomic mass is 32.1. The summed E-state index contributed by atoms with van der Waals surface area (Å²) in [4.78, 5) is 31.4. The van der Waals surface area contributed by atoms with Crippen molar-refractivity contribution >= 4 is 23.2 Å². The predicted molar refractivity (Wildman–Crippen MR) is 96.0 cm³/mol. The molecule has 2 fully saturated rings. The molecule has 2 saturated heterocycles. The van der Waals surface area contributed by atoms with Gasteiger partial charge in [0.05, 0.1) is 25.3 Å². The van der Waals surface area contributed by atoms with E-state index in [9.17, 15) is 9.59 Å². The lowest BCUT2D eigenvalue weighted by Crippen LogP contribution is -2.41. The molecule has 2 aliphatic rings. The molecule has 136 valence electrons. The maximum atomic E-state index is 12.9. The molecule has 1 aromatic heterocycles. The lowest BCUT2D eigenvalue weighted by Gasteiger charge is -2.23. The number of methoxy groups -OCH3 is 1. The fraction of sp³-hybridized carbons (Fsp3) is 0.421. The molecule has 1 amide bonds. The van der Waals surface area contributed by atoms with Gasteiger partial charge in [0.25, 0.3) is 5.91 Å². The van der Waals surface area contributed by atoms with Gasteiger partial charge >= 0.3 is 5.97 Å². The van der Waals surface area contributed by atoms with Crippen LogP contribution >= 0.6 is 11.3 Å². The number of likely N-dealkylation sites (tertiary alicyclic amines) is 1. The Morgan fingerprint density at radius 2 is 2.19 bits per heavy atom. The number of benzene rings is 1. The lowest BCUT2D eigenvalue weighted by molar-refractivity contribution is -0.153. The van der Waals surface area contributed by atoms with Crippen molar-refractivity contribution in [1.82, 2.24) is 9.88 Å². The van der Waals surface area contributed by atoms with Crippen molar-refractivity contribution in [1.29, 1.82) is 0 Å². The van der Waals surface area contributed by atoms with E-state index in [1.165, 1.54) is 24.0 Å². The number of carbonyl (C=O) groups excluding carboxylic acids is 2. The Balaban J connectivity index is 1.48. The van der Waals surface area contributed by atoms with Crippen LogP contribution < -0.4 is 0 Å². The highest BCUT2D eigenvalue weighted by Gasteiger charge is 2.57. The zero-order valence-electron chi connectivity index (χ0n) is 14.5. The lowest BCUT2D eigenvalue weighted by atomic mass is 9.81. The normalized spacial score (nSPS) is 24.5. The number of hydrogen-bond acceptors (Lipinski definition) is 6. The third-order valence-corrected chi connectivity index (χ3v) is 6.07. The Bertz CT molecular complexity index is 822. The summed E-state index contributed by atoms with van der Waals surface area (Å²) in [5, 5.41) is 2.71. The van der Waals surface area contributed by atoms with Gasteiger partial charge in [0.1, 0.15) is 11.1 Å². The zero-order valence-corrected chi connectivity index (χ0v) is 15.3. The van der Waals surface area contributed by atoms with Crippen molar-refractivity contribution in [2.75, 3.05) is 33.4 Å². The summed E-state index contributed by atoms with van der Waals surface area (Å²) < 4.78 is 10.5. The maximum Gasteiger partial charge on any atom is 0.316 e. The first-order valence-electron chi connectivity index (χ1n) is 8.56. The van der Waals surface area contributed by atoms with E-state index < -0.39 is 5.41 Å². The van der Waals surface area contributed by atoms with Crippen LogP contribution in [0.25, 0.3) is 0 Å². The topological polar surface area (TPSA) is 68.7 Å². The van der Waals surface area contributed by atoms with Crippen molar-refractivity contribution < 1.29 is 19.1 Å². The van der Waals surface area contributed by atoms with Crippen molar-refractivity contribution in [3.8, 4) is 0 Å². The van der Waals surface area contributed by atoms with E-state index in [1.807, 2.05) is 30.3 Å². The molecule has 3 heterocycles. The second-order valence-electron chi connectivity index (χ2n) is 6.83. The summed E-state index contributed by atoms with van der Waals surface area (Å²) in [6, 6.07) is 10.1. The molecule has 0 bridgehead atoms. The number of fused-ring (bicyclic) bond motifs is 1. The van der Waals surface area contributed by atoms with Gasteiger partial charge in [-0.05, 0) is 5.56 Å². The average molecular weight is 372 g/mol. The van der Waals surface area contributed by atoms with Gasteiger partial charge in [-0.1, -0.05) is 30.3 Å². The van der Waals surface area contributed by atoms with Crippen LogP contribution in [0.4, 0.5) is 0 Å². The Hall–Kier alpha value is -2.25. The van der Waals surface area contributed by atoms with Gasteiger partial charge in [0.15, 0.2) is 0 Å². The van der Waals surface area contributed by atoms with Gasteiger partial charge in [-0.3, -0.25) is 9.59 Å². The van der Waals surface area contributed by atoms with Crippen LogP contribution in [0.1, 0.15) is 21.1 Å². The molecular weight excluding hydrogens is 352 g/mol. The van der Waals surface area contributed by atoms with Crippen LogP contribution in [0, 0.1) is 11.3 Å². The van der Waals surface area contributed by atoms with E-state index in [4.69, 9.17) is 9.47 Å². The average Bonchev–Trinajstić information content (AvgIpc) is 3.35. The van der Waals surface area contributed by atoms with Crippen molar-refractivity contribution in [3.05, 3.63) is 52.0 Å². The molecule has 1 aromatic carbocycles. The number of thiazole rings is 1. The molecule has 7 heteroatoms.